The summed E-state index contributed by atoms with van der Waals surface area (Å²) in [4.78, 5) is 0. The zero-order chi connectivity index (χ0) is 21.3. The number of benzene rings is 4. The van der Waals surface area contributed by atoms with Crippen molar-refractivity contribution < 1.29 is 0 Å². The highest BCUT2D eigenvalue weighted by atomic mass is 14.4. The fourth-order valence-corrected chi connectivity index (χ4v) is 5.01. The summed E-state index contributed by atoms with van der Waals surface area (Å²) in [7, 11) is 0. The molecule has 0 amide bonds. The number of hydrogen-bond acceptors (Lipinski definition) is 0. The Balaban J connectivity index is 1.92. The molecular formula is C31H26. The highest BCUT2D eigenvalue weighted by Gasteiger charge is 2.41. The maximum atomic E-state index is 2.37. The van der Waals surface area contributed by atoms with Crippen LogP contribution in [0.15, 0.2) is 121 Å². The minimum Gasteiger partial charge on any atom is -0.0622 e. The molecule has 1 aliphatic carbocycles. The first-order valence-electron chi connectivity index (χ1n) is 10.9. The van der Waals surface area contributed by atoms with Gasteiger partial charge in [0.15, 0.2) is 0 Å². The molecule has 31 heavy (non-hydrogen) atoms. The topological polar surface area (TPSA) is 0 Å². The van der Waals surface area contributed by atoms with Gasteiger partial charge in [-0.15, -0.1) is 0 Å². The van der Waals surface area contributed by atoms with Gasteiger partial charge in [-0.05, 0) is 44.5 Å². The van der Waals surface area contributed by atoms with E-state index in [0.29, 0.717) is 0 Å². The summed E-state index contributed by atoms with van der Waals surface area (Å²) in [5, 5.41) is 0. The lowest BCUT2D eigenvalue weighted by Gasteiger charge is -2.28. The Labute approximate surface area is 185 Å². The normalized spacial score (nSPS) is 15.4. The van der Waals surface area contributed by atoms with Crippen LogP contribution >= 0.6 is 0 Å². The molecule has 4 aromatic rings. The second-order valence-corrected chi connectivity index (χ2v) is 8.59. The monoisotopic (exact) mass is 398 g/mol. The van der Waals surface area contributed by atoms with Gasteiger partial charge >= 0.3 is 0 Å². The van der Waals surface area contributed by atoms with E-state index in [-0.39, 0.29) is 5.41 Å². The van der Waals surface area contributed by atoms with Crippen LogP contribution in [0.5, 0.6) is 0 Å². The third-order valence-corrected chi connectivity index (χ3v) is 6.25. The summed E-state index contributed by atoms with van der Waals surface area (Å²) in [6.07, 6.45) is 0. The molecule has 5 rings (SSSR count). The fraction of sp³-hybridized carbons (Fsp3) is 0.0968. The first-order valence-corrected chi connectivity index (χ1v) is 10.9. The molecule has 150 valence electrons. The maximum absolute atomic E-state index is 2.37. The minimum absolute atomic E-state index is 0.154. The molecule has 0 unspecified atom stereocenters. The summed E-state index contributed by atoms with van der Waals surface area (Å²) < 4.78 is 0. The molecule has 4 aromatic carbocycles. The van der Waals surface area contributed by atoms with Crippen molar-refractivity contribution in [2.24, 2.45) is 5.41 Å². The maximum Gasteiger partial charge on any atom is 0.0171 e. The predicted octanol–water partition coefficient (Wildman–Crippen LogP) is 8.25. The molecule has 0 radical (unpaired) electrons. The highest BCUT2D eigenvalue weighted by Crippen LogP contribution is 2.60. The van der Waals surface area contributed by atoms with E-state index in [1.807, 2.05) is 0 Å². The van der Waals surface area contributed by atoms with Crippen LogP contribution in [0.4, 0.5) is 0 Å². The second kappa shape index (κ2) is 7.89. The third-order valence-electron chi connectivity index (χ3n) is 6.25. The predicted molar refractivity (Wildman–Crippen MR) is 133 cm³/mol. The van der Waals surface area contributed by atoms with Crippen molar-refractivity contribution in [3.05, 3.63) is 144 Å². The van der Waals surface area contributed by atoms with Crippen molar-refractivity contribution >= 4 is 22.3 Å². The molecule has 0 fully saturated rings. The summed E-state index contributed by atoms with van der Waals surface area (Å²) in [6, 6.07) is 43.5. The SMILES string of the molecule is CC1(C)C(c2ccccc2)=C(c2ccccc2)C(c2ccccc2)=C1c1ccccc1. The van der Waals surface area contributed by atoms with Gasteiger partial charge in [-0.2, -0.15) is 0 Å². The Morgan fingerprint density at radius 2 is 0.613 bits per heavy atom. The Morgan fingerprint density at radius 3 is 0.903 bits per heavy atom. The first-order chi connectivity index (χ1) is 15.2. The summed E-state index contributed by atoms with van der Waals surface area (Å²) in [6.45, 7) is 4.74. The van der Waals surface area contributed by atoms with Crippen molar-refractivity contribution in [3.8, 4) is 0 Å². The van der Waals surface area contributed by atoms with E-state index in [2.05, 4.69) is 135 Å². The van der Waals surface area contributed by atoms with Crippen LogP contribution in [0.25, 0.3) is 22.3 Å². The molecule has 1 aliphatic rings. The van der Waals surface area contributed by atoms with Crippen molar-refractivity contribution in [2.75, 3.05) is 0 Å². The van der Waals surface area contributed by atoms with Crippen LogP contribution in [-0.2, 0) is 0 Å². The molecule has 0 bridgehead atoms. The molecule has 0 saturated carbocycles. The average molecular weight is 399 g/mol. The van der Waals surface area contributed by atoms with E-state index in [0.717, 1.165) is 0 Å². The Hall–Kier alpha value is -3.64. The van der Waals surface area contributed by atoms with Crippen molar-refractivity contribution in [2.45, 2.75) is 13.8 Å². The molecule has 0 heterocycles. The standard InChI is InChI=1S/C31H26/c1-31(2)29(25-19-11-5-12-20-25)27(23-15-7-3-8-16-23)28(24-17-9-4-10-18-24)30(31)26-21-13-6-14-22-26/h3-22H,1-2H3. The van der Waals surface area contributed by atoms with Gasteiger partial charge in [0.1, 0.15) is 0 Å². The van der Waals surface area contributed by atoms with Crippen LogP contribution in [0.1, 0.15) is 36.1 Å². The van der Waals surface area contributed by atoms with Crippen LogP contribution in [0, 0.1) is 5.41 Å². The molecule has 0 aliphatic heterocycles. The molecular weight excluding hydrogens is 372 g/mol. The van der Waals surface area contributed by atoms with Crippen molar-refractivity contribution in [1.29, 1.82) is 0 Å². The minimum atomic E-state index is -0.154. The highest BCUT2D eigenvalue weighted by molar-refractivity contribution is 6.29. The zero-order valence-electron chi connectivity index (χ0n) is 18.0. The van der Waals surface area contributed by atoms with Gasteiger partial charge in [0, 0.05) is 5.41 Å². The lowest BCUT2D eigenvalue weighted by Crippen LogP contribution is -2.14. The molecule has 0 atom stereocenters. The quantitative estimate of drug-likeness (QED) is 0.325. The summed E-state index contributed by atoms with van der Waals surface area (Å²) in [5.74, 6) is 0. The Bertz CT molecular complexity index is 1140. The van der Waals surface area contributed by atoms with E-state index in [1.165, 1.54) is 44.5 Å². The second-order valence-electron chi connectivity index (χ2n) is 8.59. The van der Waals surface area contributed by atoms with Gasteiger partial charge in [-0.1, -0.05) is 135 Å². The van der Waals surface area contributed by atoms with Crippen LogP contribution in [0.3, 0.4) is 0 Å². The van der Waals surface area contributed by atoms with Gasteiger partial charge < -0.3 is 0 Å². The molecule has 0 spiro atoms. The zero-order valence-corrected chi connectivity index (χ0v) is 18.0. The summed E-state index contributed by atoms with van der Waals surface area (Å²) in [5.41, 5.74) is 10.4. The Kier molecular flexibility index (Phi) is 4.92. The lowest BCUT2D eigenvalue weighted by molar-refractivity contribution is 0.683. The van der Waals surface area contributed by atoms with Crippen molar-refractivity contribution in [1.82, 2.24) is 0 Å². The van der Waals surface area contributed by atoms with Gasteiger partial charge in [0.2, 0.25) is 0 Å². The molecule has 0 nitrogen and oxygen atoms in total. The average Bonchev–Trinajstić information content (AvgIpc) is 3.08. The van der Waals surface area contributed by atoms with Gasteiger partial charge in [0.05, 0.1) is 0 Å². The van der Waals surface area contributed by atoms with Gasteiger partial charge in [-0.25, -0.2) is 0 Å². The van der Waals surface area contributed by atoms with Gasteiger partial charge in [-0.3, -0.25) is 0 Å². The van der Waals surface area contributed by atoms with Crippen molar-refractivity contribution in [3.63, 3.8) is 0 Å². The molecule has 0 heteroatoms. The lowest BCUT2D eigenvalue weighted by atomic mass is 9.74. The first kappa shape index (κ1) is 19.3. The fourth-order valence-electron chi connectivity index (χ4n) is 5.01. The number of allylic oxidation sites excluding steroid dienone is 4. The number of rotatable bonds is 4. The van der Waals surface area contributed by atoms with E-state index in [1.54, 1.807) is 0 Å². The largest absolute Gasteiger partial charge is 0.0622 e. The van der Waals surface area contributed by atoms with Crippen LogP contribution in [0.2, 0.25) is 0 Å². The van der Waals surface area contributed by atoms with E-state index >= 15 is 0 Å². The number of hydrogen-bond donors (Lipinski definition) is 0. The molecule has 0 N–H and O–H groups in total. The Morgan fingerprint density at radius 1 is 0.355 bits per heavy atom. The van der Waals surface area contributed by atoms with E-state index in [9.17, 15) is 0 Å². The van der Waals surface area contributed by atoms with Crippen LogP contribution in [-0.4, -0.2) is 0 Å². The van der Waals surface area contributed by atoms with E-state index < -0.39 is 0 Å². The summed E-state index contributed by atoms with van der Waals surface area (Å²) >= 11 is 0. The molecule has 0 aromatic heterocycles. The molecule has 0 saturated heterocycles. The third kappa shape index (κ3) is 3.35. The smallest absolute Gasteiger partial charge is 0.0171 e. The van der Waals surface area contributed by atoms with Crippen LogP contribution < -0.4 is 0 Å². The van der Waals surface area contributed by atoms with Gasteiger partial charge in [0.25, 0.3) is 0 Å². The van der Waals surface area contributed by atoms with E-state index in [4.69, 9.17) is 0 Å².